The zero-order valence-corrected chi connectivity index (χ0v) is 15.2. The molecule has 5 nitrogen and oxygen atoms in total. The van der Waals surface area contributed by atoms with Crippen molar-refractivity contribution in [1.82, 2.24) is 0 Å². The van der Waals surface area contributed by atoms with Crippen molar-refractivity contribution < 1.29 is 41.4 Å². The summed E-state index contributed by atoms with van der Waals surface area (Å²) < 4.78 is 69.8. The van der Waals surface area contributed by atoms with Gasteiger partial charge in [0.25, 0.3) is 0 Å². The van der Waals surface area contributed by atoms with Crippen LogP contribution in [0.4, 0.5) is 22.0 Å². The topological polar surface area (TPSA) is 87.4 Å². The molecule has 0 aliphatic heterocycles. The van der Waals surface area contributed by atoms with Crippen molar-refractivity contribution in [2.45, 2.75) is 20.3 Å². The molecule has 2 aromatic carbocycles. The molecular formula is C19H14F5NO4. The number of halogens is 5. The molecule has 0 atom stereocenters. The minimum atomic E-state index is -2.01. The van der Waals surface area contributed by atoms with Crippen LogP contribution in [0.1, 0.15) is 45.7 Å². The van der Waals surface area contributed by atoms with Crippen molar-refractivity contribution in [1.29, 1.82) is 5.26 Å². The molecule has 0 unspecified atom stereocenters. The first-order valence-corrected chi connectivity index (χ1v) is 8.05. The second-order valence-corrected chi connectivity index (χ2v) is 5.30. The van der Waals surface area contributed by atoms with Crippen LogP contribution in [0, 0.1) is 40.4 Å². The smallest absolute Gasteiger partial charge is 0.341 e. The largest absolute Gasteiger partial charge is 0.478 e. The van der Waals surface area contributed by atoms with Crippen LogP contribution >= 0.6 is 0 Å². The summed E-state index contributed by atoms with van der Waals surface area (Å²) in [5.74, 6) is -10.4. The molecule has 2 aromatic rings. The van der Waals surface area contributed by atoms with Crippen LogP contribution in [0.3, 0.4) is 0 Å². The highest BCUT2D eigenvalue weighted by Gasteiger charge is 2.28. The minimum absolute atomic E-state index is 0.0813. The number of benzene rings is 2. The molecule has 1 N–H and O–H groups in total. The fraction of sp³-hybridized carbons (Fsp3) is 0.211. The molecule has 29 heavy (non-hydrogen) atoms. The van der Waals surface area contributed by atoms with Gasteiger partial charge in [0.1, 0.15) is 17.4 Å². The molecule has 0 saturated carbocycles. The van der Waals surface area contributed by atoms with Crippen LogP contribution in [0.5, 0.6) is 0 Å². The summed E-state index contributed by atoms with van der Waals surface area (Å²) in [4.78, 5) is 21.6. The van der Waals surface area contributed by atoms with Crippen molar-refractivity contribution in [2.75, 3.05) is 6.61 Å². The summed E-state index contributed by atoms with van der Waals surface area (Å²) in [6.45, 7) is 2.76. The van der Waals surface area contributed by atoms with E-state index < -0.39 is 52.2 Å². The van der Waals surface area contributed by atoms with Gasteiger partial charge in [-0.1, -0.05) is 6.92 Å². The Morgan fingerprint density at radius 3 is 2.07 bits per heavy atom. The number of nitrogens with zero attached hydrogens (tertiary/aromatic N) is 1. The third-order valence-corrected chi connectivity index (χ3v) is 3.53. The second-order valence-electron chi connectivity index (χ2n) is 5.30. The Morgan fingerprint density at radius 1 is 1.03 bits per heavy atom. The average molecular weight is 415 g/mol. The Labute approximate surface area is 162 Å². The van der Waals surface area contributed by atoms with E-state index in [0.717, 1.165) is 12.1 Å². The van der Waals surface area contributed by atoms with E-state index in [4.69, 9.17) is 10.4 Å². The van der Waals surface area contributed by atoms with E-state index in [9.17, 15) is 31.5 Å². The number of carbonyl (C=O) groups is 2. The van der Waals surface area contributed by atoms with Gasteiger partial charge in [-0.2, -0.15) is 5.26 Å². The fourth-order valence-corrected chi connectivity index (χ4v) is 2.16. The van der Waals surface area contributed by atoms with Gasteiger partial charge in [-0.25, -0.2) is 31.5 Å². The highest BCUT2D eigenvalue weighted by molar-refractivity contribution is 5.91. The number of carbonyl (C=O) groups excluding carboxylic acids is 1. The monoisotopic (exact) mass is 415 g/mol. The molecule has 0 bridgehead atoms. The maximum Gasteiger partial charge on any atom is 0.341 e. The van der Waals surface area contributed by atoms with Crippen LogP contribution in [-0.4, -0.2) is 23.7 Å². The van der Waals surface area contributed by atoms with E-state index in [1.165, 1.54) is 19.9 Å². The predicted octanol–water partition coefficient (Wildman–Crippen LogP) is 4.38. The molecule has 0 saturated heterocycles. The van der Waals surface area contributed by atoms with E-state index in [1.54, 1.807) is 6.07 Å². The molecule has 2 rings (SSSR count). The van der Waals surface area contributed by atoms with Gasteiger partial charge in [0.15, 0.2) is 23.3 Å². The van der Waals surface area contributed by atoms with Crippen molar-refractivity contribution >= 4 is 11.9 Å². The van der Waals surface area contributed by atoms with Gasteiger partial charge in [0, 0.05) is 5.56 Å². The van der Waals surface area contributed by atoms with Crippen LogP contribution in [0.15, 0.2) is 18.2 Å². The summed E-state index contributed by atoms with van der Waals surface area (Å²) in [5.41, 5.74) is -1.72. The molecule has 10 heteroatoms. The van der Waals surface area contributed by atoms with Crippen molar-refractivity contribution in [3.63, 3.8) is 0 Å². The molecule has 0 radical (unpaired) electrons. The predicted molar refractivity (Wildman–Crippen MR) is 89.7 cm³/mol. The van der Waals surface area contributed by atoms with E-state index in [1.807, 2.05) is 0 Å². The van der Waals surface area contributed by atoms with E-state index in [2.05, 4.69) is 4.74 Å². The third-order valence-electron chi connectivity index (χ3n) is 3.53. The number of rotatable bonds is 4. The Kier molecular flexibility index (Phi) is 8.26. The minimum Gasteiger partial charge on any atom is -0.478 e. The van der Waals surface area contributed by atoms with Crippen LogP contribution in [0.2, 0.25) is 0 Å². The first-order valence-electron chi connectivity index (χ1n) is 8.05. The lowest BCUT2D eigenvalue weighted by Gasteiger charge is -2.11. The maximum atomic E-state index is 13.4. The third kappa shape index (κ3) is 5.28. The van der Waals surface area contributed by atoms with Crippen molar-refractivity contribution in [2.24, 2.45) is 0 Å². The summed E-state index contributed by atoms with van der Waals surface area (Å²) >= 11 is 0. The number of ether oxygens (including phenoxy) is 1. The SMILES string of the molecule is CCOC(=O)c1c(F)c(F)c(F)c(F)c1CC.N#Cc1ccc(C(=O)O)cc1F. The standard InChI is InChI=1S/C11H10F4O2.C8H4FNO2/c1-3-5-6(11(16)17-4-2)8(13)10(15)9(14)7(5)12;9-7-3-5(8(11)12)1-2-6(7)4-10/h3-4H2,1-2H3;1-3H,(H,11,12). The summed E-state index contributed by atoms with van der Waals surface area (Å²) in [5, 5.41) is 16.7. The van der Waals surface area contributed by atoms with E-state index in [-0.39, 0.29) is 24.2 Å². The molecule has 0 spiro atoms. The zero-order chi connectivity index (χ0) is 22.3. The first kappa shape index (κ1) is 23.6. The lowest BCUT2D eigenvalue weighted by atomic mass is 10.0. The van der Waals surface area contributed by atoms with E-state index >= 15 is 0 Å². The number of carboxylic acid groups (broad SMARTS) is 1. The molecule has 0 aliphatic rings. The Morgan fingerprint density at radius 2 is 1.62 bits per heavy atom. The number of hydrogen-bond acceptors (Lipinski definition) is 4. The molecule has 0 aliphatic carbocycles. The number of carboxylic acids is 1. The number of esters is 1. The van der Waals surface area contributed by atoms with Crippen LogP contribution in [0.25, 0.3) is 0 Å². The van der Waals surface area contributed by atoms with Gasteiger partial charge in [0.2, 0.25) is 0 Å². The first-order chi connectivity index (χ1) is 13.6. The highest BCUT2D eigenvalue weighted by Crippen LogP contribution is 2.25. The number of hydrogen-bond donors (Lipinski definition) is 1. The molecule has 0 fully saturated rings. The number of aromatic carboxylic acids is 1. The molecular weight excluding hydrogens is 401 g/mol. The quantitative estimate of drug-likeness (QED) is 0.347. The summed E-state index contributed by atoms with van der Waals surface area (Å²) in [7, 11) is 0. The highest BCUT2D eigenvalue weighted by atomic mass is 19.2. The maximum absolute atomic E-state index is 13.4. The van der Waals surface area contributed by atoms with Gasteiger partial charge in [0.05, 0.1) is 17.7 Å². The van der Waals surface area contributed by atoms with Gasteiger partial charge >= 0.3 is 11.9 Å². The van der Waals surface area contributed by atoms with Gasteiger partial charge in [-0.3, -0.25) is 0 Å². The number of nitriles is 1. The molecule has 154 valence electrons. The summed E-state index contributed by atoms with van der Waals surface area (Å²) in [6.07, 6.45) is -0.159. The lowest BCUT2D eigenvalue weighted by Crippen LogP contribution is -2.15. The normalized spacial score (nSPS) is 9.86. The Balaban J connectivity index is 0.000000308. The van der Waals surface area contributed by atoms with Gasteiger partial charge in [-0.05, 0) is 31.5 Å². The molecule has 0 heterocycles. The molecule has 0 amide bonds. The van der Waals surface area contributed by atoms with E-state index in [0.29, 0.717) is 0 Å². The average Bonchev–Trinajstić information content (AvgIpc) is 2.69. The molecule has 0 aromatic heterocycles. The van der Waals surface area contributed by atoms with Crippen LogP contribution in [-0.2, 0) is 11.2 Å². The Hall–Kier alpha value is -3.48. The fourth-order valence-electron chi connectivity index (χ4n) is 2.16. The van der Waals surface area contributed by atoms with Crippen LogP contribution < -0.4 is 0 Å². The summed E-state index contributed by atoms with van der Waals surface area (Å²) in [6, 6.07) is 4.74. The van der Waals surface area contributed by atoms with Crippen molar-refractivity contribution in [3.05, 3.63) is 69.5 Å². The van der Waals surface area contributed by atoms with Crippen molar-refractivity contribution in [3.8, 4) is 6.07 Å². The zero-order valence-electron chi connectivity index (χ0n) is 15.2. The Bertz CT molecular complexity index is 986. The van der Waals surface area contributed by atoms with Gasteiger partial charge < -0.3 is 9.84 Å². The second kappa shape index (κ2) is 10.2. The van der Waals surface area contributed by atoms with Gasteiger partial charge in [-0.15, -0.1) is 0 Å². The lowest BCUT2D eigenvalue weighted by molar-refractivity contribution is 0.0516.